The Morgan fingerprint density at radius 2 is 2.18 bits per heavy atom. The van der Waals surface area contributed by atoms with Crippen LogP contribution in [0.5, 0.6) is 5.75 Å². The van der Waals surface area contributed by atoms with Crippen molar-refractivity contribution in [3.63, 3.8) is 0 Å². The summed E-state index contributed by atoms with van der Waals surface area (Å²) in [5.74, 6) is -0.875. The number of dihydropyridines is 1. The number of fused-ring (bicyclic) bond motifs is 1. The SMILES string of the molecule is CC/C=C\N(/N=C(/C)NC)C1CC=C2C(=O)N(Cc3cc(OC(F)(F)F)ccc3F)CCC2=N1. The zero-order valence-corrected chi connectivity index (χ0v) is 19.2. The lowest BCUT2D eigenvalue weighted by Gasteiger charge is -2.34. The van der Waals surface area contributed by atoms with E-state index in [2.05, 4.69) is 15.2 Å². The molecule has 1 saturated heterocycles. The molecule has 2 aliphatic heterocycles. The van der Waals surface area contributed by atoms with Gasteiger partial charge < -0.3 is 15.0 Å². The van der Waals surface area contributed by atoms with E-state index in [9.17, 15) is 22.4 Å². The Hall–Kier alpha value is -3.37. The van der Waals surface area contributed by atoms with Gasteiger partial charge in [0.15, 0.2) is 0 Å². The summed E-state index contributed by atoms with van der Waals surface area (Å²) < 4.78 is 55.6. The molecule has 0 radical (unpaired) electrons. The number of ether oxygens (including phenoxy) is 1. The van der Waals surface area contributed by atoms with Crippen molar-refractivity contribution in [2.75, 3.05) is 13.6 Å². The molecular formula is C23H27F4N5O2. The zero-order chi connectivity index (χ0) is 24.9. The molecule has 2 aliphatic rings. The number of nitrogens with one attached hydrogen (secondary N) is 1. The molecular weight excluding hydrogens is 454 g/mol. The summed E-state index contributed by atoms with van der Waals surface area (Å²) in [5.41, 5.74) is 1.01. The number of piperidine rings is 1. The van der Waals surface area contributed by atoms with Gasteiger partial charge in [-0.05, 0) is 31.5 Å². The smallest absolute Gasteiger partial charge is 0.406 e. The van der Waals surface area contributed by atoms with Gasteiger partial charge in [0.25, 0.3) is 5.91 Å². The van der Waals surface area contributed by atoms with Gasteiger partial charge >= 0.3 is 6.36 Å². The normalized spacial score (nSPS) is 19.0. The van der Waals surface area contributed by atoms with Crippen LogP contribution in [0.1, 0.15) is 38.7 Å². The average molecular weight is 481 g/mol. The van der Waals surface area contributed by atoms with E-state index in [1.54, 1.807) is 18.1 Å². The van der Waals surface area contributed by atoms with Crippen molar-refractivity contribution in [3.8, 4) is 5.75 Å². The molecule has 1 atom stereocenters. The highest BCUT2D eigenvalue weighted by Crippen LogP contribution is 2.28. The van der Waals surface area contributed by atoms with Crippen molar-refractivity contribution in [1.82, 2.24) is 15.2 Å². The third-order valence-corrected chi connectivity index (χ3v) is 5.32. The first kappa shape index (κ1) is 25.3. The van der Waals surface area contributed by atoms with E-state index < -0.39 is 17.9 Å². The Kier molecular flexibility index (Phi) is 7.95. The van der Waals surface area contributed by atoms with Crippen LogP contribution >= 0.6 is 0 Å². The van der Waals surface area contributed by atoms with Crippen molar-refractivity contribution in [1.29, 1.82) is 0 Å². The lowest BCUT2D eigenvalue weighted by atomic mass is 9.96. The molecule has 0 bridgehead atoms. The van der Waals surface area contributed by atoms with Crippen molar-refractivity contribution in [3.05, 3.63) is 53.5 Å². The Labute approximate surface area is 195 Å². The van der Waals surface area contributed by atoms with Crippen LogP contribution in [0.25, 0.3) is 0 Å². The second kappa shape index (κ2) is 10.7. The molecule has 3 rings (SSSR count). The molecule has 1 fully saturated rings. The summed E-state index contributed by atoms with van der Waals surface area (Å²) >= 11 is 0. The molecule has 1 unspecified atom stereocenters. The van der Waals surface area contributed by atoms with E-state index in [1.165, 1.54) is 4.90 Å². The molecule has 34 heavy (non-hydrogen) atoms. The van der Waals surface area contributed by atoms with Gasteiger partial charge in [-0.1, -0.05) is 19.1 Å². The fraction of sp³-hybridized carbons (Fsp3) is 0.435. The fourth-order valence-electron chi connectivity index (χ4n) is 3.59. The molecule has 0 aromatic heterocycles. The predicted molar refractivity (Wildman–Crippen MR) is 120 cm³/mol. The minimum Gasteiger partial charge on any atom is -0.406 e. The molecule has 0 spiro atoms. The quantitative estimate of drug-likeness (QED) is 0.272. The Morgan fingerprint density at radius 3 is 2.85 bits per heavy atom. The summed E-state index contributed by atoms with van der Waals surface area (Å²) in [6.07, 6.45) is 2.12. The number of halogens is 4. The third-order valence-electron chi connectivity index (χ3n) is 5.32. The lowest BCUT2D eigenvalue weighted by Crippen LogP contribution is -2.43. The molecule has 11 heteroatoms. The summed E-state index contributed by atoms with van der Waals surface area (Å²) in [5, 5.41) is 9.23. The van der Waals surface area contributed by atoms with Crippen molar-refractivity contribution < 1.29 is 27.1 Å². The number of hydrazone groups is 1. The second-order valence-corrected chi connectivity index (χ2v) is 7.80. The van der Waals surface area contributed by atoms with Crippen LogP contribution in [0.15, 0.2) is 52.2 Å². The van der Waals surface area contributed by atoms with E-state index in [0.29, 0.717) is 30.0 Å². The number of benzene rings is 1. The van der Waals surface area contributed by atoms with E-state index in [1.807, 2.05) is 26.1 Å². The number of amidine groups is 1. The van der Waals surface area contributed by atoms with Crippen molar-refractivity contribution in [2.24, 2.45) is 10.1 Å². The number of amides is 1. The largest absolute Gasteiger partial charge is 0.573 e. The van der Waals surface area contributed by atoms with Gasteiger partial charge in [0, 0.05) is 44.7 Å². The number of alkyl halides is 3. The van der Waals surface area contributed by atoms with Crippen LogP contribution in [0.3, 0.4) is 0 Å². The predicted octanol–water partition coefficient (Wildman–Crippen LogP) is 4.33. The van der Waals surface area contributed by atoms with Gasteiger partial charge in [-0.15, -0.1) is 13.2 Å². The monoisotopic (exact) mass is 481 g/mol. The number of nitrogens with zero attached hydrogens (tertiary/aromatic N) is 4. The first-order chi connectivity index (χ1) is 16.1. The van der Waals surface area contributed by atoms with Gasteiger partial charge in [0.1, 0.15) is 23.6 Å². The molecule has 7 nitrogen and oxygen atoms in total. The van der Waals surface area contributed by atoms with Crippen LogP contribution < -0.4 is 10.1 Å². The van der Waals surface area contributed by atoms with Crippen LogP contribution in [0, 0.1) is 5.82 Å². The minimum absolute atomic E-state index is 0.0578. The van der Waals surface area contributed by atoms with Gasteiger partial charge in [0.2, 0.25) is 0 Å². The molecule has 0 saturated carbocycles. The summed E-state index contributed by atoms with van der Waals surface area (Å²) in [6.45, 7) is 3.93. The Morgan fingerprint density at radius 1 is 1.41 bits per heavy atom. The van der Waals surface area contributed by atoms with Gasteiger partial charge in [-0.25, -0.2) is 9.40 Å². The fourth-order valence-corrected chi connectivity index (χ4v) is 3.59. The Balaban J connectivity index is 1.75. The van der Waals surface area contributed by atoms with Crippen LogP contribution in [0.2, 0.25) is 0 Å². The highest BCUT2D eigenvalue weighted by Gasteiger charge is 2.33. The molecule has 1 amide bonds. The first-order valence-corrected chi connectivity index (χ1v) is 10.9. The average Bonchev–Trinajstić information content (AvgIpc) is 2.79. The van der Waals surface area contributed by atoms with E-state index >= 15 is 0 Å². The molecule has 0 aliphatic carbocycles. The van der Waals surface area contributed by atoms with Crippen LogP contribution in [-0.2, 0) is 11.3 Å². The number of aliphatic imine (C=N–C) groups is 1. The molecule has 1 aromatic carbocycles. The first-order valence-electron chi connectivity index (χ1n) is 10.9. The summed E-state index contributed by atoms with van der Waals surface area (Å²) in [6, 6.07) is 2.76. The standard InChI is InChI=1S/C23H27F4N5O2/c1-4-5-11-32(30-15(2)28-3)21-9-7-18-20(29-21)10-12-31(22(18)33)14-16-13-17(6-8-19(16)24)34-23(25,26)27/h5-8,11,13,21H,4,9-10,12,14H2,1-3H3,(H,28,30)/b11-5-. The topological polar surface area (TPSA) is 69.5 Å². The van der Waals surface area contributed by atoms with Gasteiger partial charge in [-0.2, -0.15) is 5.10 Å². The maximum atomic E-state index is 14.3. The zero-order valence-electron chi connectivity index (χ0n) is 19.2. The number of carbonyl (C=O) groups excluding carboxylic acids is 1. The number of rotatable bonds is 7. The number of likely N-dealkylation sites (tertiary alicyclic amines) is 1. The van der Waals surface area contributed by atoms with E-state index in [0.717, 1.165) is 24.6 Å². The maximum Gasteiger partial charge on any atom is 0.573 e. The van der Waals surface area contributed by atoms with Crippen molar-refractivity contribution >= 4 is 17.5 Å². The number of hydrogen-bond acceptors (Lipinski definition) is 5. The molecule has 1 N–H and O–H groups in total. The van der Waals surface area contributed by atoms with Crippen molar-refractivity contribution in [2.45, 2.75) is 52.2 Å². The summed E-state index contributed by atoms with van der Waals surface area (Å²) in [4.78, 5) is 19.2. The minimum atomic E-state index is -4.89. The highest BCUT2D eigenvalue weighted by molar-refractivity contribution is 6.23. The van der Waals surface area contributed by atoms with Gasteiger partial charge in [0.05, 0.1) is 11.3 Å². The highest BCUT2D eigenvalue weighted by atomic mass is 19.4. The van der Waals surface area contributed by atoms with Crippen LogP contribution in [0.4, 0.5) is 17.6 Å². The second-order valence-electron chi connectivity index (χ2n) is 7.80. The lowest BCUT2D eigenvalue weighted by molar-refractivity contribution is -0.274. The number of hydrogen-bond donors (Lipinski definition) is 1. The maximum absolute atomic E-state index is 14.3. The number of allylic oxidation sites excluding steroid dienone is 1. The third kappa shape index (κ3) is 6.36. The van der Waals surface area contributed by atoms with E-state index in [-0.39, 0.29) is 30.7 Å². The summed E-state index contributed by atoms with van der Waals surface area (Å²) in [7, 11) is 1.77. The number of carbonyl (C=O) groups is 1. The molecule has 184 valence electrons. The van der Waals surface area contributed by atoms with E-state index in [4.69, 9.17) is 4.99 Å². The van der Waals surface area contributed by atoms with Gasteiger partial charge in [-0.3, -0.25) is 9.79 Å². The van der Waals surface area contributed by atoms with Crippen LogP contribution in [-0.4, -0.2) is 53.5 Å². The Bertz CT molecular complexity index is 1030. The molecule has 2 heterocycles. The molecule has 1 aromatic rings.